The highest BCUT2D eigenvalue weighted by Crippen LogP contribution is 2.54. The molecule has 26 heavy (non-hydrogen) atoms. The molecule has 0 unspecified atom stereocenters. The van der Waals surface area contributed by atoms with Crippen LogP contribution in [0.5, 0.6) is 0 Å². The van der Waals surface area contributed by atoms with Gasteiger partial charge in [0.1, 0.15) is 0 Å². The van der Waals surface area contributed by atoms with E-state index < -0.39 is 5.41 Å². The van der Waals surface area contributed by atoms with E-state index in [-0.39, 0.29) is 42.2 Å². The molecular weight excluding hydrogens is 400 g/mol. The summed E-state index contributed by atoms with van der Waals surface area (Å²) in [7, 11) is 1.36. The Morgan fingerprint density at radius 1 is 1.38 bits per heavy atom. The number of rotatable bonds is 3. The molecule has 0 aliphatic carbocycles. The van der Waals surface area contributed by atoms with Crippen LogP contribution in [0, 0.1) is 5.92 Å². The van der Waals surface area contributed by atoms with Crippen LogP contribution in [0.1, 0.15) is 31.2 Å². The van der Waals surface area contributed by atoms with E-state index in [1.54, 1.807) is 0 Å². The van der Waals surface area contributed by atoms with Crippen LogP contribution < -0.4 is 5.32 Å². The maximum absolute atomic E-state index is 13.1. The second kappa shape index (κ2) is 6.37. The first-order valence-electron chi connectivity index (χ1n) is 8.86. The quantitative estimate of drug-likeness (QED) is 0.600. The van der Waals surface area contributed by atoms with Gasteiger partial charge in [0.15, 0.2) is 0 Å². The summed E-state index contributed by atoms with van der Waals surface area (Å²) in [6, 6.07) is 7.47. The summed E-state index contributed by atoms with van der Waals surface area (Å²) in [5.74, 6) is -0.420. The molecule has 7 heteroatoms. The van der Waals surface area contributed by atoms with Gasteiger partial charge in [0, 0.05) is 29.9 Å². The van der Waals surface area contributed by atoms with Crippen LogP contribution in [0.15, 0.2) is 24.3 Å². The van der Waals surface area contributed by atoms with Crippen LogP contribution in [0.2, 0.25) is 0 Å². The lowest BCUT2D eigenvalue weighted by atomic mass is 9.70. The largest absolute Gasteiger partial charge is 0.469 e. The fourth-order valence-electron chi connectivity index (χ4n) is 5.02. The molecule has 3 aliphatic heterocycles. The molecule has 3 aliphatic rings. The van der Waals surface area contributed by atoms with Crippen molar-refractivity contribution in [3.63, 3.8) is 0 Å². The van der Waals surface area contributed by atoms with E-state index in [0.29, 0.717) is 24.6 Å². The number of nitrogens with one attached hydrogen (secondary N) is 1. The van der Waals surface area contributed by atoms with E-state index in [1.807, 2.05) is 29.2 Å². The molecule has 0 radical (unpaired) electrons. The molecule has 4 rings (SSSR count). The topological polar surface area (TPSA) is 75.7 Å². The number of nitrogens with zero attached hydrogens (tertiary/aromatic N) is 1. The fraction of sp³-hybridized carbons (Fsp3) is 0.526. The zero-order valence-corrected chi connectivity index (χ0v) is 16.1. The van der Waals surface area contributed by atoms with Crippen molar-refractivity contribution in [1.82, 2.24) is 4.90 Å². The van der Waals surface area contributed by atoms with E-state index in [0.717, 1.165) is 11.3 Å². The molecule has 3 heterocycles. The lowest BCUT2D eigenvalue weighted by Gasteiger charge is -2.41. The van der Waals surface area contributed by atoms with Crippen molar-refractivity contribution < 1.29 is 19.1 Å². The first-order valence-corrected chi connectivity index (χ1v) is 9.98. The predicted molar refractivity (Wildman–Crippen MR) is 98.9 cm³/mol. The molecular formula is C19H21BrN2O4. The van der Waals surface area contributed by atoms with Crippen molar-refractivity contribution in [3.8, 4) is 0 Å². The van der Waals surface area contributed by atoms with Gasteiger partial charge in [-0.2, -0.15) is 0 Å². The third-order valence-electron chi connectivity index (χ3n) is 6.09. The van der Waals surface area contributed by atoms with Crippen molar-refractivity contribution in [1.29, 1.82) is 0 Å². The highest BCUT2D eigenvalue weighted by atomic mass is 79.9. The minimum Gasteiger partial charge on any atom is -0.469 e. The van der Waals surface area contributed by atoms with Gasteiger partial charge in [0.25, 0.3) is 0 Å². The molecule has 0 saturated carbocycles. The van der Waals surface area contributed by atoms with Crippen LogP contribution in [0.4, 0.5) is 5.69 Å². The van der Waals surface area contributed by atoms with E-state index in [9.17, 15) is 14.4 Å². The monoisotopic (exact) mass is 420 g/mol. The number of carbonyl (C=O) groups excluding carboxylic acids is 3. The number of anilines is 1. The number of para-hydroxylation sites is 1. The fourth-order valence-corrected chi connectivity index (χ4v) is 5.56. The van der Waals surface area contributed by atoms with Gasteiger partial charge in [-0.15, -0.1) is 0 Å². The second-order valence-electron chi connectivity index (χ2n) is 7.39. The third-order valence-corrected chi connectivity index (χ3v) is 6.83. The molecule has 6 nitrogen and oxygen atoms in total. The lowest BCUT2D eigenvalue weighted by Crippen LogP contribution is -2.54. The molecule has 1 spiro atoms. The molecule has 2 amide bonds. The number of benzene rings is 1. The Morgan fingerprint density at radius 3 is 2.88 bits per heavy atom. The third kappa shape index (κ3) is 2.40. The minimum absolute atomic E-state index is 0.0219. The number of carbonyl (C=O) groups is 3. The number of fused-ring (bicyclic) bond motifs is 4. The molecule has 1 aromatic carbocycles. The number of esters is 1. The van der Waals surface area contributed by atoms with Crippen molar-refractivity contribution >= 4 is 39.4 Å². The second-order valence-corrected chi connectivity index (χ2v) is 8.03. The summed E-state index contributed by atoms with van der Waals surface area (Å²) in [4.78, 5) is 39.6. The number of alkyl halides is 1. The number of halogens is 1. The van der Waals surface area contributed by atoms with Crippen molar-refractivity contribution in [2.75, 3.05) is 17.8 Å². The van der Waals surface area contributed by atoms with Gasteiger partial charge in [-0.25, -0.2) is 0 Å². The maximum Gasteiger partial charge on any atom is 0.305 e. The van der Waals surface area contributed by atoms with Gasteiger partial charge >= 0.3 is 5.97 Å². The zero-order valence-electron chi connectivity index (χ0n) is 14.5. The summed E-state index contributed by atoms with van der Waals surface area (Å²) < 4.78 is 4.79. The van der Waals surface area contributed by atoms with Gasteiger partial charge in [0.2, 0.25) is 11.8 Å². The standard InChI is InChI=1S/C19H21BrN2O4/c1-26-17(24)8-11-6-15-19(9-12(10-20)22(15)16(23)7-11)13-4-2-3-5-14(13)21-18(19)25/h2-5,11-12,15H,6-10H2,1H3,(H,21,25)/t11-,12+,15-,19-/m1/s1. The van der Waals surface area contributed by atoms with Crippen LogP contribution >= 0.6 is 15.9 Å². The minimum atomic E-state index is -0.737. The number of piperidine rings is 1. The van der Waals surface area contributed by atoms with Gasteiger partial charge < -0.3 is 15.0 Å². The molecule has 4 atom stereocenters. The van der Waals surface area contributed by atoms with Gasteiger partial charge in [-0.3, -0.25) is 14.4 Å². The summed E-state index contributed by atoms with van der Waals surface area (Å²) in [5.41, 5.74) is 1.06. The summed E-state index contributed by atoms with van der Waals surface area (Å²) in [6.45, 7) is 0. The Bertz CT molecular complexity index is 783. The lowest BCUT2D eigenvalue weighted by molar-refractivity contribution is -0.145. The first kappa shape index (κ1) is 17.5. The zero-order chi connectivity index (χ0) is 18.5. The SMILES string of the molecule is COC(=O)C[C@H]1CC(=O)N2[C@H](CBr)C[C@]3(C(=O)Nc4ccccc43)[C@H]2C1. The molecule has 1 aromatic rings. The Hall–Kier alpha value is -1.89. The number of hydrogen-bond donors (Lipinski definition) is 1. The molecule has 0 aromatic heterocycles. The number of hydrogen-bond acceptors (Lipinski definition) is 4. The summed E-state index contributed by atoms with van der Waals surface area (Å²) in [5, 5.41) is 3.64. The molecule has 1 N–H and O–H groups in total. The van der Waals surface area contributed by atoms with Gasteiger partial charge in [-0.05, 0) is 30.4 Å². The van der Waals surface area contributed by atoms with Crippen LogP contribution in [0.3, 0.4) is 0 Å². The Morgan fingerprint density at radius 2 is 2.15 bits per heavy atom. The molecule has 0 bridgehead atoms. The van der Waals surface area contributed by atoms with E-state index in [2.05, 4.69) is 21.2 Å². The molecule has 2 saturated heterocycles. The van der Waals surface area contributed by atoms with E-state index in [1.165, 1.54) is 7.11 Å². The highest BCUT2D eigenvalue weighted by Gasteiger charge is 2.63. The molecule has 2 fully saturated rings. The first-order chi connectivity index (χ1) is 12.5. The van der Waals surface area contributed by atoms with Gasteiger partial charge in [0.05, 0.1) is 18.6 Å². The predicted octanol–water partition coefficient (Wildman–Crippen LogP) is 2.21. The van der Waals surface area contributed by atoms with Crippen LogP contribution in [-0.2, 0) is 24.5 Å². The smallest absolute Gasteiger partial charge is 0.305 e. The van der Waals surface area contributed by atoms with Crippen molar-refractivity contribution in [3.05, 3.63) is 29.8 Å². The van der Waals surface area contributed by atoms with E-state index in [4.69, 9.17) is 4.74 Å². The Kier molecular flexibility index (Phi) is 4.29. The summed E-state index contributed by atoms with van der Waals surface area (Å²) in [6.07, 6.45) is 1.77. The number of amides is 2. The number of ether oxygens (including phenoxy) is 1. The normalized spacial score (nSPS) is 32.4. The van der Waals surface area contributed by atoms with E-state index >= 15 is 0 Å². The van der Waals surface area contributed by atoms with Crippen LogP contribution in [-0.4, -0.2) is 47.2 Å². The Labute approximate surface area is 160 Å². The molecule has 138 valence electrons. The van der Waals surface area contributed by atoms with Crippen molar-refractivity contribution in [2.24, 2.45) is 5.92 Å². The highest BCUT2D eigenvalue weighted by molar-refractivity contribution is 9.09. The van der Waals surface area contributed by atoms with Gasteiger partial charge in [-0.1, -0.05) is 34.1 Å². The Balaban J connectivity index is 1.76. The maximum atomic E-state index is 13.1. The summed E-state index contributed by atoms with van der Waals surface area (Å²) >= 11 is 3.52. The van der Waals surface area contributed by atoms with Crippen molar-refractivity contribution in [2.45, 2.75) is 43.2 Å². The average Bonchev–Trinajstić information content (AvgIpc) is 3.12. The van der Waals surface area contributed by atoms with Crippen LogP contribution in [0.25, 0.3) is 0 Å². The average molecular weight is 421 g/mol. The number of methoxy groups -OCH3 is 1.